The molecule has 0 atom stereocenters. The van der Waals surface area contributed by atoms with Crippen LogP contribution in [-0.2, 0) is 0 Å². The van der Waals surface area contributed by atoms with Gasteiger partial charge in [-0.15, -0.1) is 0 Å². The third kappa shape index (κ3) is 2.79. The number of hydrogen-bond donors (Lipinski definition) is 0. The summed E-state index contributed by atoms with van der Waals surface area (Å²) in [5.74, 6) is -0.993. The predicted molar refractivity (Wildman–Crippen MR) is 63.1 cm³/mol. The van der Waals surface area contributed by atoms with E-state index >= 15 is 0 Å². The summed E-state index contributed by atoms with van der Waals surface area (Å²) in [6.07, 6.45) is 0. The van der Waals surface area contributed by atoms with Crippen molar-refractivity contribution in [3.63, 3.8) is 0 Å². The number of ether oxygens (including phenoxy) is 1. The molecule has 0 radical (unpaired) electrons. The topological polar surface area (TPSA) is 22.1 Å². The minimum Gasteiger partial charge on any atom is -0.436 e. The molecule has 0 fully saturated rings. The first-order valence-electron chi connectivity index (χ1n) is 4.82. The number of nitrogens with zero attached hydrogens (tertiary/aromatic N) is 1. The molecule has 0 bridgehead atoms. The van der Waals surface area contributed by atoms with Gasteiger partial charge >= 0.3 is 0 Å². The van der Waals surface area contributed by atoms with Crippen molar-refractivity contribution >= 4 is 15.9 Å². The van der Waals surface area contributed by atoms with Gasteiger partial charge in [0.1, 0.15) is 16.2 Å². The van der Waals surface area contributed by atoms with Crippen molar-refractivity contribution in [2.24, 2.45) is 0 Å². The molecule has 2 nitrogen and oxygen atoms in total. The van der Waals surface area contributed by atoms with Crippen molar-refractivity contribution in [3.8, 4) is 11.6 Å². The molecule has 88 valence electrons. The normalized spacial score (nSPS) is 10.4. The molecule has 0 aliphatic rings. The number of aromatic nitrogens is 1. The SMILES string of the molecule is Cc1ccc(Oc2nc(Br)ccc2F)cc1F. The van der Waals surface area contributed by atoms with Crippen LogP contribution in [0.3, 0.4) is 0 Å². The molecule has 0 aliphatic carbocycles. The lowest BCUT2D eigenvalue weighted by Gasteiger charge is -2.06. The van der Waals surface area contributed by atoms with Crippen LogP contribution in [0.5, 0.6) is 11.6 Å². The molecule has 0 saturated heterocycles. The van der Waals surface area contributed by atoms with E-state index in [1.54, 1.807) is 19.1 Å². The molecule has 0 N–H and O–H groups in total. The van der Waals surface area contributed by atoms with Gasteiger partial charge in [-0.05, 0) is 46.6 Å². The summed E-state index contributed by atoms with van der Waals surface area (Å²) in [6.45, 7) is 1.64. The second-order valence-corrected chi connectivity index (χ2v) is 4.25. The Morgan fingerprint density at radius 2 is 1.88 bits per heavy atom. The van der Waals surface area contributed by atoms with Crippen LogP contribution in [0.2, 0.25) is 0 Å². The van der Waals surface area contributed by atoms with Gasteiger partial charge in [-0.25, -0.2) is 13.8 Å². The van der Waals surface area contributed by atoms with Crippen molar-refractivity contribution in [1.82, 2.24) is 4.98 Å². The molecule has 0 saturated carbocycles. The molecule has 2 rings (SSSR count). The Kier molecular flexibility index (Phi) is 3.38. The van der Waals surface area contributed by atoms with Gasteiger partial charge in [-0.3, -0.25) is 0 Å². The van der Waals surface area contributed by atoms with Crippen LogP contribution in [0.25, 0.3) is 0 Å². The van der Waals surface area contributed by atoms with E-state index in [9.17, 15) is 8.78 Å². The van der Waals surface area contributed by atoms with Crippen LogP contribution in [-0.4, -0.2) is 4.98 Å². The zero-order chi connectivity index (χ0) is 12.4. The summed E-state index contributed by atoms with van der Waals surface area (Å²) < 4.78 is 32.2. The smallest absolute Gasteiger partial charge is 0.256 e. The van der Waals surface area contributed by atoms with Gasteiger partial charge < -0.3 is 4.74 Å². The number of pyridine rings is 1. The van der Waals surface area contributed by atoms with E-state index in [0.29, 0.717) is 10.2 Å². The Balaban J connectivity index is 2.31. The molecule has 0 aliphatic heterocycles. The van der Waals surface area contributed by atoms with Crippen molar-refractivity contribution in [3.05, 3.63) is 52.1 Å². The highest BCUT2D eigenvalue weighted by Gasteiger charge is 2.08. The molecular formula is C12H8BrF2NO. The first-order valence-corrected chi connectivity index (χ1v) is 5.61. The van der Waals surface area contributed by atoms with Crippen LogP contribution in [0, 0.1) is 18.6 Å². The predicted octanol–water partition coefficient (Wildman–Crippen LogP) is 4.22. The molecule has 2 aromatic rings. The van der Waals surface area contributed by atoms with E-state index in [1.807, 2.05) is 0 Å². The second kappa shape index (κ2) is 4.79. The van der Waals surface area contributed by atoms with Crippen LogP contribution in [0.15, 0.2) is 34.9 Å². The highest BCUT2D eigenvalue weighted by Crippen LogP contribution is 2.25. The van der Waals surface area contributed by atoms with Crippen molar-refractivity contribution < 1.29 is 13.5 Å². The number of aryl methyl sites for hydroxylation is 1. The molecule has 17 heavy (non-hydrogen) atoms. The second-order valence-electron chi connectivity index (χ2n) is 3.43. The summed E-state index contributed by atoms with van der Waals surface area (Å²) >= 11 is 3.10. The van der Waals surface area contributed by atoms with Crippen LogP contribution in [0.4, 0.5) is 8.78 Å². The Bertz CT molecular complexity index is 560. The molecule has 0 unspecified atom stereocenters. The third-order valence-electron chi connectivity index (χ3n) is 2.14. The molecule has 5 heteroatoms. The number of benzene rings is 1. The van der Waals surface area contributed by atoms with E-state index in [4.69, 9.17) is 4.74 Å². The summed E-state index contributed by atoms with van der Waals surface area (Å²) in [5.41, 5.74) is 0.500. The van der Waals surface area contributed by atoms with E-state index in [0.717, 1.165) is 0 Å². The molecule has 0 amide bonds. The lowest BCUT2D eigenvalue weighted by Crippen LogP contribution is -1.93. The lowest BCUT2D eigenvalue weighted by molar-refractivity contribution is 0.418. The first-order chi connectivity index (χ1) is 8.06. The van der Waals surface area contributed by atoms with Gasteiger partial charge in [0.05, 0.1) is 0 Å². The number of rotatable bonds is 2. The van der Waals surface area contributed by atoms with E-state index < -0.39 is 11.6 Å². The van der Waals surface area contributed by atoms with Gasteiger partial charge in [0.25, 0.3) is 5.88 Å². The van der Waals surface area contributed by atoms with Crippen LogP contribution in [0.1, 0.15) is 5.56 Å². The van der Waals surface area contributed by atoms with Crippen molar-refractivity contribution in [2.75, 3.05) is 0 Å². The minimum atomic E-state index is -0.603. The van der Waals surface area contributed by atoms with Crippen LogP contribution >= 0.6 is 15.9 Å². The Morgan fingerprint density at radius 1 is 1.12 bits per heavy atom. The fourth-order valence-electron chi connectivity index (χ4n) is 1.22. The largest absolute Gasteiger partial charge is 0.436 e. The summed E-state index contributed by atoms with van der Waals surface area (Å²) in [7, 11) is 0. The average molecular weight is 300 g/mol. The third-order valence-corrected chi connectivity index (χ3v) is 2.58. The standard InChI is InChI=1S/C12H8BrF2NO/c1-7-2-3-8(6-10(7)15)17-12-9(14)4-5-11(13)16-12/h2-6H,1H3. The van der Waals surface area contributed by atoms with E-state index in [-0.39, 0.29) is 11.6 Å². The Labute approximate surface area is 105 Å². The molecule has 1 aromatic carbocycles. The Hall–Kier alpha value is -1.49. The van der Waals surface area contributed by atoms with Crippen molar-refractivity contribution in [2.45, 2.75) is 6.92 Å². The lowest BCUT2D eigenvalue weighted by atomic mass is 10.2. The molecule has 0 spiro atoms. The van der Waals surface area contributed by atoms with E-state index in [1.165, 1.54) is 18.2 Å². The average Bonchev–Trinajstić information content (AvgIpc) is 2.29. The van der Waals surface area contributed by atoms with Gasteiger partial charge in [0.2, 0.25) is 0 Å². The zero-order valence-electron chi connectivity index (χ0n) is 8.88. The van der Waals surface area contributed by atoms with Gasteiger partial charge in [-0.2, -0.15) is 0 Å². The maximum absolute atomic E-state index is 13.3. The van der Waals surface area contributed by atoms with Crippen molar-refractivity contribution in [1.29, 1.82) is 0 Å². The summed E-state index contributed by atoms with van der Waals surface area (Å²) in [4.78, 5) is 3.82. The fourth-order valence-corrected chi connectivity index (χ4v) is 1.51. The summed E-state index contributed by atoms with van der Waals surface area (Å²) in [6, 6.07) is 6.98. The monoisotopic (exact) mass is 299 g/mol. The zero-order valence-corrected chi connectivity index (χ0v) is 10.5. The van der Waals surface area contributed by atoms with Gasteiger partial charge in [0.15, 0.2) is 5.82 Å². The fraction of sp³-hybridized carbons (Fsp3) is 0.0833. The molecular weight excluding hydrogens is 292 g/mol. The maximum Gasteiger partial charge on any atom is 0.256 e. The number of hydrogen-bond acceptors (Lipinski definition) is 2. The minimum absolute atomic E-state index is 0.192. The van der Waals surface area contributed by atoms with Gasteiger partial charge in [-0.1, -0.05) is 6.07 Å². The Morgan fingerprint density at radius 3 is 2.59 bits per heavy atom. The number of halogens is 3. The molecule has 1 heterocycles. The summed E-state index contributed by atoms with van der Waals surface area (Å²) in [5, 5.41) is 0. The quantitative estimate of drug-likeness (QED) is 0.775. The highest BCUT2D eigenvalue weighted by molar-refractivity contribution is 9.10. The molecule has 1 aromatic heterocycles. The van der Waals surface area contributed by atoms with Crippen LogP contribution < -0.4 is 4.74 Å². The van der Waals surface area contributed by atoms with Gasteiger partial charge in [0, 0.05) is 6.07 Å². The maximum atomic E-state index is 13.3. The van der Waals surface area contributed by atoms with E-state index in [2.05, 4.69) is 20.9 Å². The first kappa shape index (κ1) is 12.0. The highest BCUT2D eigenvalue weighted by atomic mass is 79.9.